The van der Waals surface area contributed by atoms with Crippen LogP contribution in [0.15, 0.2) is 12.3 Å². The molecule has 19 heavy (non-hydrogen) atoms. The van der Waals surface area contributed by atoms with E-state index < -0.39 is 0 Å². The summed E-state index contributed by atoms with van der Waals surface area (Å²) in [6, 6.07) is 1.60. The molecular formula is C12H18Cl2N4O. The number of rotatable bonds is 6. The van der Waals surface area contributed by atoms with E-state index in [4.69, 9.17) is 23.2 Å². The lowest BCUT2D eigenvalue weighted by Gasteiger charge is -2.13. The van der Waals surface area contributed by atoms with Crippen LogP contribution in [0.1, 0.15) is 20.3 Å². The molecule has 2 amide bonds. The number of carbonyl (C=O) groups is 1. The molecule has 0 bridgehead atoms. The Morgan fingerprint density at radius 1 is 1.42 bits per heavy atom. The summed E-state index contributed by atoms with van der Waals surface area (Å²) in [5.41, 5.74) is 0. The van der Waals surface area contributed by atoms with E-state index in [1.54, 1.807) is 6.07 Å². The molecule has 0 aliphatic carbocycles. The minimum absolute atomic E-state index is 0.167. The van der Waals surface area contributed by atoms with E-state index in [1.165, 1.54) is 6.20 Å². The number of hydrogen-bond acceptors (Lipinski definition) is 3. The highest BCUT2D eigenvalue weighted by molar-refractivity contribution is 6.35. The van der Waals surface area contributed by atoms with Gasteiger partial charge in [0.25, 0.3) is 0 Å². The topological polar surface area (TPSA) is 66.1 Å². The number of halogens is 2. The maximum Gasteiger partial charge on any atom is 0.315 e. The van der Waals surface area contributed by atoms with Gasteiger partial charge < -0.3 is 16.0 Å². The average molecular weight is 305 g/mol. The van der Waals surface area contributed by atoms with Gasteiger partial charge in [-0.05, 0) is 19.4 Å². The average Bonchev–Trinajstić information content (AvgIpc) is 2.36. The summed E-state index contributed by atoms with van der Waals surface area (Å²) in [4.78, 5) is 15.5. The zero-order valence-corrected chi connectivity index (χ0v) is 12.5. The van der Waals surface area contributed by atoms with Gasteiger partial charge in [0.1, 0.15) is 5.82 Å². The molecule has 3 N–H and O–H groups in total. The minimum Gasteiger partial charge on any atom is -0.367 e. The van der Waals surface area contributed by atoms with Gasteiger partial charge in [-0.3, -0.25) is 0 Å². The van der Waals surface area contributed by atoms with E-state index >= 15 is 0 Å². The van der Waals surface area contributed by atoms with Gasteiger partial charge in [0.15, 0.2) is 0 Å². The minimum atomic E-state index is -0.175. The van der Waals surface area contributed by atoms with Crippen molar-refractivity contribution >= 4 is 35.1 Å². The largest absolute Gasteiger partial charge is 0.367 e. The lowest BCUT2D eigenvalue weighted by Crippen LogP contribution is -2.42. The summed E-state index contributed by atoms with van der Waals surface area (Å²) in [6.07, 6.45) is 2.41. The quantitative estimate of drug-likeness (QED) is 0.708. The molecule has 0 aromatic carbocycles. The van der Waals surface area contributed by atoms with Crippen LogP contribution >= 0.6 is 23.2 Å². The third kappa shape index (κ3) is 5.98. The molecule has 0 fully saturated rings. The highest BCUT2D eigenvalue weighted by atomic mass is 35.5. The van der Waals surface area contributed by atoms with Gasteiger partial charge in [0, 0.05) is 25.3 Å². The number of aromatic nitrogens is 1. The van der Waals surface area contributed by atoms with Crippen molar-refractivity contribution in [2.75, 3.05) is 18.4 Å². The van der Waals surface area contributed by atoms with Crippen molar-refractivity contribution < 1.29 is 4.79 Å². The van der Waals surface area contributed by atoms with Crippen molar-refractivity contribution in [3.05, 3.63) is 22.3 Å². The number of hydrogen-bond donors (Lipinski definition) is 3. The summed E-state index contributed by atoms with van der Waals surface area (Å²) in [5.74, 6) is 0.551. The van der Waals surface area contributed by atoms with Crippen molar-refractivity contribution in [2.45, 2.75) is 26.3 Å². The molecule has 1 rings (SSSR count). The maximum atomic E-state index is 11.4. The van der Waals surface area contributed by atoms with E-state index in [0.29, 0.717) is 29.0 Å². The number of amides is 2. The Morgan fingerprint density at radius 3 is 2.79 bits per heavy atom. The maximum absolute atomic E-state index is 11.4. The molecule has 1 aromatic rings. The molecule has 0 aliphatic heterocycles. The SMILES string of the molecule is CCC(C)NC(=O)NCCNc1ncc(Cl)cc1Cl. The third-order valence-corrected chi connectivity index (χ3v) is 3.00. The molecule has 0 spiro atoms. The monoisotopic (exact) mass is 304 g/mol. The van der Waals surface area contributed by atoms with E-state index in [0.717, 1.165) is 6.42 Å². The van der Waals surface area contributed by atoms with Crippen LogP contribution in [-0.2, 0) is 0 Å². The van der Waals surface area contributed by atoms with Crippen LogP contribution in [0.25, 0.3) is 0 Å². The van der Waals surface area contributed by atoms with Gasteiger partial charge in [-0.25, -0.2) is 9.78 Å². The Morgan fingerprint density at radius 2 is 2.16 bits per heavy atom. The molecule has 7 heteroatoms. The zero-order chi connectivity index (χ0) is 14.3. The Balaban J connectivity index is 2.25. The molecule has 0 saturated carbocycles. The fourth-order valence-corrected chi connectivity index (χ4v) is 1.73. The van der Waals surface area contributed by atoms with Crippen molar-refractivity contribution in [1.29, 1.82) is 0 Å². The second kappa shape index (κ2) is 8.07. The number of nitrogens with zero attached hydrogens (tertiary/aromatic N) is 1. The predicted octanol–water partition coefficient (Wildman–Crippen LogP) is 2.90. The molecule has 0 aliphatic rings. The molecule has 106 valence electrons. The van der Waals surface area contributed by atoms with Gasteiger partial charge in [-0.15, -0.1) is 0 Å². The van der Waals surface area contributed by atoms with Gasteiger partial charge >= 0.3 is 6.03 Å². The van der Waals surface area contributed by atoms with Crippen LogP contribution in [-0.4, -0.2) is 30.1 Å². The molecule has 1 aromatic heterocycles. The van der Waals surface area contributed by atoms with Gasteiger partial charge in [0.2, 0.25) is 0 Å². The third-order valence-electron chi connectivity index (χ3n) is 2.50. The second-order valence-corrected chi connectivity index (χ2v) is 4.96. The fourth-order valence-electron chi connectivity index (χ4n) is 1.28. The Labute approximate surface area is 123 Å². The molecule has 5 nitrogen and oxygen atoms in total. The van der Waals surface area contributed by atoms with E-state index in [2.05, 4.69) is 20.9 Å². The van der Waals surface area contributed by atoms with E-state index in [-0.39, 0.29) is 12.1 Å². The van der Waals surface area contributed by atoms with Gasteiger partial charge in [-0.1, -0.05) is 30.1 Å². The van der Waals surface area contributed by atoms with Crippen LogP contribution in [0, 0.1) is 0 Å². The van der Waals surface area contributed by atoms with Gasteiger partial charge in [0.05, 0.1) is 10.0 Å². The molecule has 1 unspecified atom stereocenters. The first kappa shape index (κ1) is 15.9. The highest BCUT2D eigenvalue weighted by Crippen LogP contribution is 2.21. The lowest BCUT2D eigenvalue weighted by atomic mass is 10.3. The Kier molecular flexibility index (Phi) is 6.73. The molecular weight excluding hydrogens is 287 g/mol. The van der Waals surface area contributed by atoms with Crippen LogP contribution in [0.3, 0.4) is 0 Å². The summed E-state index contributed by atoms with van der Waals surface area (Å²) in [6.45, 7) is 4.97. The summed E-state index contributed by atoms with van der Waals surface area (Å²) < 4.78 is 0. The Bertz CT molecular complexity index is 428. The molecule has 1 atom stereocenters. The lowest BCUT2D eigenvalue weighted by molar-refractivity contribution is 0.238. The number of anilines is 1. The molecule has 1 heterocycles. The summed E-state index contributed by atoms with van der Waals surface area (Å²) >= 11 is 11.7. The number of pyridine rings is 1. The standard InChI is InChI=1S/C12H18Cl2N4O/c1-3-8(2)18-12(19)16-5-4-15-11-10(14)6-9(13)7-17-11/h6-8H,3-5H2,1-2H3,(H,15,17)(H2,16,18,19). The van der Waals surface area contributed by atoms with Crippen molar-refractivity contribution in [3.8, 4) is 0 Å². The zero-order valence-electron chi connectivity index (χ0n) is 11.0. The van der Waals surface area contributed by atoms with E-state index in [1.807, 2.05) is 13.8 Å². The highest BCUT2D eigenvalue weighted by Gasteiger charge is 2.05. The first-order valence-corrected chi connectivity index (χ1v) is 6.87. The van der Waals surface area contributed by atoms with Crippen LogP contribution < -0.4 is 16.0 Å². The Hall–Kier alpha value is -1.20. The number of carbonyl (C=O) groups excluding carboxylic acids is 1. The van der Waals surface area contributed by atoms with Crippen molar-refractivity contribution in [3.63, 3.8) is 0 Å². The molecule has 0 radical (unpaired) electrons. The number of urea groups is 1. The van der Waals surface area contributed by atoms with Crippen LogP contribution in [0.2, 0.25) is 10.0 Å². The normalized spacial score (nSPS) is 11.8. The number of nitrogens with one attached hydrogen (secondary N) is 3. The first-order chi connectivity index (χ1) is 9.02. The molecule has 0 saturated heterocycles. The van der Waals surface area contributed by atoms with E-state index in [9.17, 15) is 4.79 Å². The smallest absolute Gasteiger partial charge is 0.315 e. The van der Waals surface area contributed by atoms with Crippen molar-refractivity contribution in [1.82, 2.24) is 15.6 Å². The van der Waals surface area contributed by atoms with Crippen LogP contribution in [0.5, 0.6) is 0 Å². The second-order valence-electron chi connectivity index (χ2n) is 4.12. The van der Waals surface area contributed by atoms with Crippen molar-refractivity contribution in [2.24, 2.45) is 0 Å². The fraction of sp³-hybridized carbons (Fsp3) is 0.500. The summed E-state index contributed by atoms with van der Waals surface area (Å²) in [5, 5.41) is 9.51. The van der Waals surface area contributed by atoms with Crippen LogP contribution in [0.4, 0.5) is 10.6 Å². The first-order valence-electron chi connectivity index (χ1n) is 6.12. The van der Waals surface area contributed by atoms with Gasteiger partial charge in [-0.2, -0.15) is 0 Å². The predicted molar refractivity (Wildman–Crippen MR) is 79.0 cm³/mol. The summed E-state index contributed by atoms with van der Waals surface area (Å²) in [7, 11) is 0.